The number of aliphatic hydroxyl groups excluding tert-OH is 1. The van der Waals surface area contributed by atoms with Gasteiger partial charge in [-0.3, -0.25) is 0 Å². The fourth-order valence-corrected chi connectivity index (χ4v) is 4.14. The van der Waals surface area contributed by atoms with Gasteiger partial charge in [0.15, 0.2) is 5.96 Å². The summed E-state index contributed by atoms with van der Waals surface area (Å²) in [6.45, 7) is 3.39. The number of aliphatic hydroxyl groups is 1. The molecular formula is C23H27N3O4S. The molecule has 7 nitrogen and oxygen atoms in total. The van der Waals surface area contributed by atoms with E-state index >= 15 is 0 Å². The SMILES string of the molecule is CCNC(=NCc1ccc(C(=O)OC)c(OC)c1)NCC(O)c1cc2ccccc2s1. The molecule has 1 atom stereocenters. The number of esters is 1. The van der Waals surface area contributed by atoms with Crippen molar-refractivity contribution < 1.29 is 19.4 Å². The Morgan fingerprint density at radius 2 is 1.97 bits per heavy atom. The molecule has 0 fully saturated rings. The number of hydrogen-bond donors (Lipinski definition) is 3. The van der Waals surface area contributed by atoms with E-state index in [4.69, 9.17) is 9.47 Å². The molecule has 1 unspecified atom stereocenters. The lowest BCUT2D eigenvalue weighted by Gasteiger charge is -2.14. The second-order valence-corrected chi connectivity index (χ2v) is 7.92. The Morgan fingerprint density at radius 3 is 2.68 bits per heavy atom. The molecule has 0 saturated heterocycles. The summed E-state index contributed by atoms with van der Waals surface area (Å²) < 4.78 is 11.2. The third kappa shape index (κ3) is 5.74. The van der Waals surface area contributed by atoms with Crippen molar-refractivity contribution in [1.29, 1.82) is 0 Å². The zero-order valence-corrected chi connectivity index (χ0v) is 18.7. The number of rotatable bonds is 8. The molecule has 0 bridgehead atoms. The average molecular weight is 442 g/mol. The first kappa shape index (κ1) is 22.6. The third-order valence-corrected chi connectivity index (χ3v) is 5.89. The Bertz CT molecular complexity index is 1030. The van der Waals surface area contributed by atoms with Gasteiger partial charge < -0.3 is 25.2 Å². The van der Waals surface area contributed by atoms with Crippen molar-refractivity contribution in [2.45, 2.75) is 19.6 Å². The number of thiophene rings is 1. The molecule has 3 rings (SSSR count). The van der Waals surface area contributed by atoms with E-state index in [2.05, 4.69) is 21.7 Å². The van der Waals surface area contributed by atoms with Crippen LogP contribution in [0.3, 0.4) is 0 Å². The number of aliphatic imine (C=N–C) groups is 1. The lowest BCUT2D eigenvalue weighted by Crippen LogP contribution is -2.39. The summed E-state index contributed by atoms with van der Waals surface area (Å²) in [4.78, 5) is 17.3. The van der Waals surface area contributed by atoms with Crippen molar-refractivity contribution in [2.24, 2.45) is 4.99 Å². The normalized spacial score (nSPS) is 12.5. The quantitative estimate of drug-likeness (QED) is 0.282. The Hall–Kier alpha value is -3.10. The van der Waals surface area contributed by atoms with Gasteiger partial charge in [-0.05, 0) is 42.1 Å². The van der Waals surface area contributed by atoms with E-state index in [9.17, 15) is 9.90 Å². The van der Waals surface area contributed by atoms with E-state index in [0.29, 0.717) is 36.9 Å². The van der Waals surface area contributed by atoms with Gasteiger partial charge >= 0.3 is 5.97 Å². The van der Waals surface area contributed by atoms with Gasteiger partial charge in [-0.2, -0.15) is 0 Å². The summed E-state index contributed by atoms with van der Waals surface area (Å²) in [5.74, 6) is 0.591. The van der Waals surface area contributed by atoms with Crippen molar-refractivity contribution >= 4 is 33.4 Å². The molecule has 0 saturated carbocycles. The van der Waals surface area contributed by atoms with Gasteiger partial charge in [0.2, 0.25) is 0 Å². The van der Waals surface area contributed by atoms with E-state index in [1.165, 1.54) is 14.2 Å². The minimum atomic E-state index is -0.638. The maximum absolute atomic E-state index is 11.8. The minimum absolute atomic E-state index is 0.337. The number of nitrogens with zero attached hydrogens (tertiary/aromatic N) is 1. The van der Waals surface area contributed by atoms with E-state index in [1.807, 2.05) is 37.3 Å². The van der Waals surface area contributed by atoms with Crippen LogP contribution in [0.2, 0.25) is 0 Å². The molecule has 31 heavy (non-hydrogen) atoms. The van der Waals surface area contributed by atoms with E-state index in [-0.39, 0.29) is 0 Å². The predicted molar refractivity (Wildman–Crippen MR) is 124 cm³/mol. The van der Waals surface area contributed by atoms with Crippen LogP contribution in [-0.4, -0.2) is 44.3 Å². The molecule has 2 aromatic carbocycles. The van der Waals surface area contributed by atoms with Gasteiger partial charge in [-0.1, -0.05) is 24.3 Å². The third-order valence-electron chi connectivity index (χ3n) is 4.67. The van der Waals surface area contributed by atoms with Crippen LogP contribution in [0.1, 0.15) is 33.8 Å². The van der Waals surface area contributed by atoms with Crippen molar-refractivity contribution in [3.63, 3.8) is 0 Å². The molecule has 0 amide bonds. The molecule has 1 aromatic heterocycles. The first-order chi connectivity index (χ1) is 15.0. The molecular weight excluding hydrogens is 414 g/mol. The van der Waals surface area contributed by atoms with Crippen LogP contribution in [-0.2, 0) is 11.3 Å². The molecule has 1 heterocycles. The number of nitrogens with one attached hydrogen (secondary N) is 2. The summed E-state index contributed by atoms with van der Waals surface area (Å²) in [5, 5.41) is 18.1. The maximum atomic E-state index is 11.8. The predicted octanol–water partition coefficient (Wildman–Crippen LogP) is 3.49. The second-order valence-electron chi connectivity index (χ2n) is 6.80. The summed E-state index contributed by atoms with van der Waals surface area (Å²) >= 11 is 1.59. The van der Waals surface area contributed by atoms with Crippen LogP contribution in [0.25, 0.3) is 10.1 Å². The fourth-order valence-electron chi connectivity index (χ4n) is 3.09. The van der Waals surface area contributed by atoms with Gasteiger partial charge in [0.25, 0.3) is 0 Å². The molecule has 8 heteroatoms. The van der Waals surface area contributed by atoms with Crippen molar-refractivity contribution in [3.8, 4) is 5.75 Å². The maximum Gasteiger partial charge on any atom is 0.341 e. The van der Waals surface area contributed by atoms with E-state index in [0.717, 1.165) is 20.5 Å². The van der Waals surface area contributed by atoms with E-state index < -0.39 is 12.1 Å². The first-order valence-electron chi connectivity index (χ1n) is 9.99. The standard InChI is InChI=1S/C23H27N3O4S/c1-4-24-23(25-13-15-9-10-17(22(28)30-3)19(11-15)29-2)26-14-18(27)21-12-16-7-5-6-8-20(16)31-21/h5-12,18,27H,4,13-14H2,1-3H3,(H2,24,25,26). The van der Waals surface area contributed by atoms with Crippen molar-refractivity contribution in [1.82, 2.24) is 10.6 Å². The number of ether oxygens (including phenoxy) is 2. The number of guanidine groups is 1. The monoisotopic (exact) mass is 441 g/mol. The summed E-state index contributed by atoms with van der Waals surface area (Å²) in [7, 11) is 2.84. The molecule has 3 aromatic rings. The highest BCUT2D eigenvalue weighted by atomic mass is 32.1. The number of fused-ring (bicyclic) bond motifs is 1. The lowest BCUT2D eigenvalue weighted by molar-refractivity contribution is 0.0597. The van der Waals surface area contributed by atoms with Gasteiger partial charge in [-0.15, -0.1) is 11.3 Å². The number of methoxy groups -OCH3 is 2. The summed E-state index contributed by atoms with van der Waals surface area (Å²) in [6, 6.07) is 15.4. The Labute approximate surface area is 185 Å². The highest BCUT2D eigenvalue weighted by Gasteiger charge is 2.14. The largest absolute Gasteiger partial charge is 0.496 e. The van der Waals surface area contributed by atoms with Crippen LogP contribution in [0, 0.1) is 0 Å². The number of carbonyl (C=O) groups is 1. The number of hydrogen-bond acceptors (Lipinski definition) is 6. The van der Waals surface area contributed by atoms with Crippen LogP contribution in [0.15, 0.2) is 53.5 Å². The van der Waals surface area contributed by atoms with Gasteiger partial charge in [0.05, 0.1) is 20.8 Å². The summed E-state index contributed by atoms with van der Waals surface area (Å²) in [6.07, 6.45) is -0.638. The van der Waals surface area contributed by atoms with Crippen LogP contribution in [0.5, 0.6) is 5.75 Å². The van der Waals surface area contributed by atoms with Crippen molar-refractivity contribution in [2.75, 3.05) is 27.3 Å². The molecule has 0 spiro atoms. The van der Waals surface area contributed by atoms with Crippen LogP contribution in [0.4, 0.5) is 0 Å². The van der Waals surface area contributed by atoms with Gasteiger partial charge in [-0.25, -0.2) is 9.79 Å². The van der Waals surface area contributed by atoms with Crippen LogP contribution < -0.4 is 15.4 Å². The summed E-state index contributed by atoms with van der Waals surface area (Å²) in [5.41, 5.74) is 1.25. The molecule has 164 valence electrons. The molecule has 3 N–H and O–H groups in total. The second kappa shape index (κ2) is 10.8. The Balaban J connectivity index is 1.66. The van der Waals surface area contributed by atoms with Gasteiger partial charge in [0.1, 0.15) is 17.4 Å². The Morgan fingerprint density at radius 1 is 1.16 bits per heavy atom. The topological polar surface area (TPSA) is 92.2 Å². The number of benzene rings is 2. The molecule has 0 aliphatic carbocycles. The lowest BCUT2D eigenvalue weighted by atomic mass is 10.1. The van der Waals surface area contributed by atoms with E-state index in [1.54, 1.807) is 23.5 Å². The number of carbonyl (C=O) groups excluding carboxylic acids is 1. The molecule has 0 aliphatic rings. The highest BCUT2D eigenvalue weighted by molar-refractivity contribution is 7.19. The average Bonchev–Trinajstić information content (AvgIpc) is 3.24. The smallest absolute Gasteiger partial charge is 0.341 e. The Kier molecular flexibility index (Phi) is 7.86. The minimum Gasteiger partial charge on any atom is -0.496 e. The van der Waals surface area contributed by atoms with Crippen molar-refractivity contribution in [3.05, 3.63) is 64.5 Å². The molecule has 0 radical (unpaired) electrons. The molecule has 0 aliphatic heterocycles. The highest BCUT2D eigenvalue weighted by Crippen LogP contribution is 2.29. The van der Waals surface area contributed by atoms with Gasteiger partial charge in [0, 0.05) is 22.7 Å². The zero-order valence-electron chi connectivity index (χ0n) is 17.8. The first-order valence-corrected chi connectivity index (χ1v) is 10.8. The van der Waals surface area contributed by atoms with Crippen LogP contribution >= 0.6 is 11.3 Å². The zero-order chi connectivity index (χ0) is 22.2. The fraction of sp³-hybridized carbons (Fsp3) is 0.304.